The van der Waals surface area contributed by atoms with Gasteiger partial charge in [0.25, 0.3) is 0 Å². The Kier molecular flexibility index (Phi) is 7.79. The van der Waals surface area contributed by atoms with E-state index in [9.17, 15) is 14.7 Å². The summed E-state index contributed by atoms with van der Waals surface area (Å²) in [5.74, 6) is -1.93. The molecule has 0 fully saturated rings. The first-order chi connectivity index (χ1) is 12.9. The minimum atomic E-state index is -1.06. The predicted molar refractivity (Wildman–Crippen MR) is 100 cm³/mol. The molecule has 7 nitrogen and oxygen atoms in total. The first-order valence-electron chi connectivity index (χ1n) is 8.63. The average Bonchev–Trinajstić information content (AvgIpc) is 2.61. The van der Waals surface area contributed by atoms with E-state index < -0.39 is 11.9 Å². The highest BCUT2D eigenvalue weighted by molar-refractivity contribution is 5.72. The summed E-state index contributed by atoms with van der Waals surface area (Å²) >= 11 is 0. The van der Waals surface area contributed by atoms with E-state index in [4.69, 9.17) is 10.2 Å². The number of carbonyl (C=O) groups is 2. The fraction of sp³-hybridized carbons (Fsp3) is 0.300. The molecule has 0 aliphatic heterocycles. The fourth-order valence-corrected chi connectivity index (χ4v) is 2.82. The predicted octanol–water partition coefficient (Wildman–Crippen LogP) is 1.87. The minimum Gasteiger partial charge on any atom is -0.508 e. The third kappa shape index (κ3) is 7.47. The van der Waals surface area contributed by atoms with Gasteiger partial charge >= 0.3 is 11.9 Å². The second-order valence-corrected chi connectivity index (χ2v) is 6.32. The second kappa shape index (κ2) is 10.3. The van der Waals surface area contributed by atoms with Crippen LogP contribution in [0.1, 0.15) is 11.1 Å². The molecule has 0 aliphatic rings. The van der Waals surface area contributed by atoms with Crippen LogP contribution in [0.4, 0.5) is 0 Å². The van der Waals surface area contributed by atoms with Gasteiger partial charge in [0, 0.05) is 31.7 Å². The number of para-hydroxylation sites is 1. The van der Waals surface area contributed by atoms with Gasteiger partial charge in [-0.05, 0) is 11.6 Å². The minimum absolute atomic E-state index is 0.198. The quantitative estimate of drug-likeness (QED) is 0.553. The van der Waals surface area contributed by atoms with Crippen molar-refractivity contribution in [2.75, 3.05) is 26.2 Å². The maximum absolute atomic E-state index is 11.0. The van der Waals surface area contributed by atoms with E-state index in [2.05, 4.69) is 4.90 Å². The maximum Gasteiger partial charge on any atom is 0.317 e. The summed E-state index contributed by atoms with van der Waals surface area (Å²) in [6, 6.07) is 16.8. The molecule has 0 saturated carbocycles. The molecule has 27 heavy (non-hydrogen) atoms. The Morgan fingerprint density at radius 3 is 1.89 bits per heavy atom. The smallest absolute Gasteiger partial charge is 0.317 e. The monoisotopic (exact) mass is 372 g/mol. The Morgan fingerprint density at radius 1 is 0.741 bits per heavy atom. The standard InChI is InChI=1S/C20H24N2O5/c23-18-9-5-4-8-17(18)13-21(12-16-6-2-1-3-7-16)10-11-22(14-19(24)25)15-20(26)27/h1-9,23H,10-15H2,(H,24,25)(H,26,27). The van der Waals surface area contributed by atoms with Crippen molar-refractivity contribution < 1.29 is 24.9 Å². The van der Waals surface area contributed by atoms with Gasteiger partial charge in [-0.3, -0.25) is 19.4 Å². The van der Waals surface area contributed by atoms with Crippen molar-refractivity contribution in [2.45, 2.75) is 13.1 Å². The molecule has 0 heterocycles. The normalized spacial score (nSPS) is 11.0. The topological polar surface area (TPSA) is 101 Å². The molecule has 0 unspecified atom stereocenters. The third-order valence-corrected chi connectivity index (χ3v) is 4.08. The van der Waals surface area contributed by atoms with Crippen LogP contribution in [0.2, 0.25) is 0 Å². The number of rotatable bonds is 11. The number of phenolic OH excluding ortho intramolecular Hbond substituents is 1. The molecule has 2 aromatic carbocycles. The number of carboxylic acids is 2. The number of phenols is 1. The summed E-state index contributed by atoms with van der Waals surface area (Å²) in [7, 11) is 0. The number of carboxylic acid groups (broad SMARTS) is 2. The molecule has 2 aromatic rings. The van der Waals surface area contributed by atoms with E-state index in [0.29, 0.717) is 26.2 Å². The Labute approximate surface area is 158 Å². The van der Waals surface area contributed by atoms with Gasteiger partial charge in [0.2, 0.25) is 0 Å². The molecule has 0 saturated heterocycles. The molecular formula is C20H24N2O5. The lowest BCUT2D eigenvalue weighted by Crippen LogP contribution is -2.40. The van der Waals surface area contributed by atoms with Crippen molar-refractivity contribution in [1.29, 1.82) is 0 Å². The lowest BCUT2D eigenvalue weighted by atomic mass is 10.1. The van der Waals surface area contributed by atoms with Crippen molar-refractivity contribution in [3.05, 3.63) is 65.7 Å². The molecule has 0 aliphatic carbocycles. The van der Waals surface area contributed by atoms with E-state index in [1.807, 2.05) is 42.5 Å². The maximum atomic E-state index is 11.0. The summed E-state index contributed by atoms with van der Waals surface area (Å²) in [5, 5.41) is 28.0. The van der Waals surface area contributed by atoms with Crippen LogP contribution in [-0.2, 0) is 22.7 Å². The first-order valence-corrected chi connectivity index (χ1v) is 8.63. The van der Waals surface area contributed by atoms with E-state index in [0.717, 1.165) is 11.1 Å². The van der Waals surface area contributed by atoms with Crippen molar-refractivity contribution in [2.24, 2.45) is 0 Å². The summed E-state index contributed by atoms with van der Waals surface area (Å²) in [5.41, 5.74) is 1.84. The van der Waals surface area contributed by atoms with Gasteiger partial charge in [0.1, 0.15) is 5.75 Å². The van der Waals surface area contributed by atoms with Gasteiger partial charge in [0.15, 0.2) is 0 Å². The summed E-state index contributed by atoms with van der Waals surface area (Å²) < 4.78 is 0. The van der Waals surface area contributed by atoms with E-state index >= 15 is 0 Å². The summed E-state index contributed by atoms with van der Waals surface area (Å²) in [6.07, 6.45) is 0. The molecule has 0 bridgehead atoms. The molecule has 0 spiro atoms. The Morgan fingerprint density at radius 2 is 1.30 bits per heavy atom. The molecule has 0 amide bonds. The average molecular weight is 372 g/mol. The van der Waals surface area contributed by atoms with Gasteiger partial charge in [0.05, 0.1) is 13.1 Å². The van der Waals surface area contributed by atoms with Crippen LogP contribution in [0.15, 0.2) is 54.6 Å². The van der Waals surface area contributed by atoms with Gasteiger partial charge in [-0.25, -0.2) is 0 Å². The summed E-state index contributed by atoms with van der Waals surface area (Å²) in [4.78, 5) is 25.4. The van der Waals surface area contributed by atoms with Gasteiger partial charge < -0.3 is 15.3 Å². The van der Waals surface area contributed by atoms with Gasteiger partial charge in [-0.1, -0.05) is 48.5 Å². The molecule has 144 valence electrons. The van der Waals surface area contributed by atoms with Crippen LogP contribution in [0, 0.1) is 0 Å². The number of aromatic hydroxyl groups is 1. The molecule has 0 atom stereocenters. The van der Waals surface area contributed by atoms with Crippen LogP contribution in [0.3, 0.4) is 0 Å². The van der Waals surface area contributed by atoms with Crippen LogP contribution in [0.5, 0.6) is 5.75 Å². The number of benzene rings is 2. The number of aliphatic carboxylic acids is 2. The Balaban J connectivity index is 2.09. The highest BCUT2D eigenvalue weighted by atomic mass is 16.4. The highest BCUT2D eigenvalue weighted by Gasteiger charge is 2.16. The zero-order valence-corrected chi connectivity index (χ0v) is 15.0. The second-order valence-electron chi connectivity index (χ2n) is 6.32. The van der Waals surface area contributed by atoms with Crippen LogP contribution in [-0.4, -0.2) is 63.2 Å². The number of nitrogens with zero attached hydrogens (tertiary/aromatic N) is 2. The lowest BCUT2D eigenvalue weighted by molar-refractivity contribution is -0.141. The van der Waals surface area contributed by atoms with E-state index in [-0.39, 0.29) is 18.8 Å². The number of hydrogen-bond acceptors (Lipinski definition) is 5. The van der Waals surface area contributed by atoms with Crippen molar-refractivity contribution in [1.82, 2.24) is 9.80 Å². The Bertz CT molecular complexity index is 735. The number of hydrogen-bond donors (Lipinski definition) is 3. The van der Waals surface area contributed by atoms with Crippen molar-refractivity contribution >= 4 is 11.9 Å². The van der Waals surface area contributed by atoms with E-state index in [1.165, 1.54) is 4.90 Å². The zero-order chi connectivity index (χ0) is 19.6. The Hall–Kier alpha value is -2.90. The summed E-state index contributed by atoms with van der Waals surface area (Å²) in [6.45, 7) is 1.16. The van der Waals surface area contributed by atoms with Crippen LogP contribution < -0.4 is 0 Å². The molecule has 0 radical (unpaired) electrons. The molecule has 2 rings (SSSR count). The molecule has 7 heteroatoms. The van der Waals surface area contributed by atoms with Crippen molar-refractivity contribution in [3.63, 3.8) is 0 Å². The SMILES string of the molecule is O=C(O)CN(CCN(Cc1ccccc1)Cc1ccccc1O)CC(=O)O. The lowest BCUT2D eigenvalue weighted by Gasteiger charge is -2.26. The van der Waals surface area contributed by atoms with E-state index in [1.54, 1.807) is 12.1 Å². The highest BCUT2D eigenvalue weighted by Crippen LogP contribution is 2.19. The zero-order valence-electron chi connectivity index (χ0n) is 15.0. The molecular weight excluding hydrogens is 348 g/mol. The fourth-order valence-electron chi connectivity index (χ4n) is 2.82. The first kappa shape index (κ1) is 20.4. The molecule has 3 N–H and O–H groups in total. The van der Waals surface area contributed by atoms with Crippen molar-refractivity contribution in [3.8, 4) is 5.75 Å². The van der Waals surface area contributed by atoms with Gasteiger partial charge in [-0.2, -0.15) is 0 Å². The van der Waals surface area contributed by atoms with Gasteiger partial charge in [-0.15, -0.1) is 0 Å². The largest absolute Gasteiger partial charge is 0.508 e. The molecule has 0 aromatic heterocycles. The third-order valence-electron chi connectivity index (χ3n) is 4.08. The van der Waals surface area contributed by atoms with Crippen LogP contribution >= 0.6 is 0 Å². The van der Waals surface area contributed by atoms with Crippen LogP contribution in [0.25, 0.3) is 0 Å².